The molecule has 0 unspecified atom stereocenters. The van der Waals surface area contributed by atoms with Crippen LogP contribution in [-0.2, 0) is 32.9 Å². The van der Waals surface area contributed by atoms with E-state index in [2.05, 4.69) is 9.83 Å². The van der Waals surface area contributed by atoms with E-state index in [-0.39, 0.29) is 29.1 Å². The van der Waals surface area contributed by atoms with Gasteiger partial charge in [-0.05, 0) is 43.0 Å². The molecule has 0 aliphatic heterocycles. The number of aryl methyl sites for hydroxylation is 1. The molecule has 3 atom stereocenters. The number of aromatic nitrogens is 3. The van der Waals surface area contributed by atoms with Gasteiger partial charge in [0, 0.05) is 52.6 Å². The van der Waals surface area contributed by atoms with Crippen molar-refractivity contribution in [2.45, 2.75) is 38.5 Å². The fraction of sp³-hybridized carbons (Fsp3) is 0.345. The Hall–Kier alpha value is -3.77. The van der Waals surface area contributed by atoms with Crippen LogP contribution in [0.2, 0.25) is 0 Å². The minimum Gasteiger partial charge on any atom is -0.308 e. The molecule has 0 fully saturated rings. The quantitative estimate of drug-likeness (QED) is 0.441. The third kappa shape index (κ3) is 4.54. The Morgan fingerprint density at radius 1 is 1.18 bits per heavy atom. The summed E-state index contributed by atoms with van der Waals surface area (Å²) in [5.41, 5.74) is 3.00. The summed E-state index contributed by atoms with van der Waals surface area (Å²) < 4.78 is 38.1. The lowest BCUT2D eigenvalue weighted by Gasteiger charge is -2.46. The van der Waals surface area contributed by atoms with E-state index in [0.717, 1.165) is 5.56 Å². The summed E-state index contributed by atoms with van der Waals surface area (Å²) >= 11 is 0. The fourth-order valence-corrected chi connectivity index (χ4v) is 6.32. The van der Waals surface area contributed by atoms with Crippen LogP contribution in [0.5, 0.6) is 0 Å². The van der Waals surface area contributed by atoms with E-state index in [1.165, 1.54) is 12.3 Å². The molecule has 2 aliphatic carbocycles. The van der Waals surface area contributed by atoms with Gasteiger partial charge in [0.05, 0.1) is 23.7 Å². The highest BCUT2D eigenvalue weighted by Crippen LogP contribution is 2.51. The molecule has 2 heterocycles. The number of rotatable bonds is 5. The number of sulfone groups is 1. The molecule has 38 heavy (non-hydrogen) atoms. The number of pyridine rings is 1. The molecule has 1 aromatic carbocycles. The van der Waals surface area contributed by atoms with Gasteiger partial charge in [-0.1, -0.05) is 32.1 Å². The molecular weight excluding hydrogens is 503 g/mol. The third-order valence-corrected chi connectivity index (χ3v) is 8.71. The van der Waals surface area contributed by atoms with Gasteiger partial charge in [-0.25, -0.2) is 27.6 Å². The summed E-state index contributed by atoms with van der Waals surface area (Å²) in [6.45, 7) is 11.4. The molecule has 5 rings (SSSR count). The predicted molar refractivity (Wildman–Crippen MR) is 142 cm³/mol. The molecule has 0 bridgehead atoms. The molecule has 0 saturated heterocycles. The lowest BCUT2D eigenvalue weighted by atomic mass is 9.58. The smallest absolute Gasteiger partial charge is 0.226 e. The second kappa shape index (κ2) is 9.52. The highest BCUT2D eigenvalue weighted by molar-refractivity contribution is 7.90. The molecule has 194 valence electrons. The van der Waals surface area contributed by atoms with Gasteiger partial charge in [0.2, 0.25) is 5.70 Å². The molecule has 0 N–H and O–H groups in total. The molecule has 2 aromatic heterocycles. The van der Waals surface area contributed by atoms with Gasteiger partial charge in [0.1, 0.15) is 15.7 Å². The molecule has 0 radical (unpaired) electrons. The fourth-order valence-electron chi connectivity index (χ4n) is 5.74. The highest BCUT2D eigenvalue weighted by Gasteiger charge is 2.49. The summed E-state index contributed by atoms with van der Waals surface area (Å²) in [4.78, 5) is 30.5. The first kappa shape index (κ1) is 25.9. The van der Waals surface area contributed by atoms with Crippen molar-refractivity contribution in [3.8, 4) is 22.6 Å². The SMILES string of the molecule is [C-]#[N+]C1=C[C@@]2(C)c3nc(-c4ccc(CCS(C)(=O)=O)nc4)nc(-c4ccccc4F)c3CC[C@@H]2[C@@H](C)C1=O. The molecule has 0 spiro atoms. The maximum Gasteiger partial charge on any atom is 0.226 e. The number of carbonyl (C=O) groups excluding carboxylic acids is 1. The molecule has 2 aliphatic rings. The number of benzene rings is 1. The summed E-state index contributed by atoms with van der Waals surface area (Å²) in [7, 11) is -3.12. The van der Waals surface area contributed by atoms with E-state index in [4.69, 9.17) is 16.5 Å². The Kier molecular flexibility index (Phi) is 6.48. The maximum absolute atomic E-state index is 15.1. The zero-order chi connectivity index (χ0) is 27.2. The van der Waals surface area contributed by atoms with Crippen LogP contribution >= 0.6 is 0 Å². The Bertz CT molecular complexity index is 1630. The number of ketones is 1. The number of nitrogens with zero attached hydrogens (tertiary/aromatic N) is 4. The summed E-state index contributed by atoms with van der Waals surface area (Å²) in [5, 5.41) is 0. The van der Waals surface area contributed by atoms with Crippen molar-refractivity contribution < 1.29 is 17.6 Å². The minimum absolute atomic E-state index is 0.00150. The summed E-state index contributed by atoms with van der Waals surface area (Å²) in [6.07, 6.45) is 6.09. The normalized spacial score (nSPS) is 22.7. The monoisotopic (exact) mass is 530 g/mol. The number of fused-ring (bicyclic) bond motifs is 3. The van der Waals surface area contributed by atoms with E-state index in [9.17, 15) is 13.2 Å². The lowest BCUT2D eigenvalue weighted by Crippen LogP contribution is -2.46. The average Bonchev–Trinajstić information content (AvgIpc) is 2.89. The second-order valence-electron chi connectivity index (χ2n) is 10.3. The van der Waals surface area contributed by atoms with E-state index in [1.807, 2.05) is 13.8 Å². The second-order valence-corrected chi connectivity index (χ2v) is 12.6. The standard InChI is InChI=1S/C29H27FN4O3S/c1-17-22-12-11-21-25(20-7-5-6-8-23(20)30)33-28(18-9-10-19(32-16-18)13-14-38(4,36)37)34-27(21)29(22,2)15-24(31-3)26(17)35/h5-10,15-17,22H,11-14H2,1-2,4H3/t17-,22-,29-/m1/s1. The average molecular weight is 531 g/mol. The minimum atomic E-state index is -3.12. The van der Waals surface area contributed by atoms with Crippen molar-refractivity contribution in [1.82, 2.24) is 15.0 Å². The first-order valence-corrected chi connectivity index (χ1v) is 14.5. The molecule has 7 nitrogen and oxygen atoms in total. The van der Waals surface area contributed by atoms with Gasteiger partial charge in [-0.15, -0.1) is 0 Å². The number of allylic oxidation sites excluding steroid dienone is 2. The van der Waals surface area contributed by atoms with Crippen LogP contribution < -0.4 is 0 Å². The highest BCUT2D eigenvalue weighted by atomic mass is 32.2. The van der Waals surface area contributed by atoms with Crippen molar-refractivity contribution in [1.29, 1.82) is 0 Å². The van der Waals surface area contributed by atoms with Crippen LogP contribution in [-0.4, -0.2) is 41.2 Å². The van der Waals surface area contributed by atoms with E-state index in [0.29, 0.717) is 53.3 Å². The van der Waals surface area contributed by atoms with Gasteiger partial charge in [0.25, 0.3) is 0 Å². The van der Waals surface area contributed by atoms with Crippen LogP contribution in [0.3, 0.4) is 0 Å². The Labute approximate surface area is 221 Å². The van der Waals surface area contributed by atoms with Crippen molar-refractivity contribution in [3.05, 3.63) is 88.6 Å². The van der Waals surface area contributed by atoms with Crippen molar-refractivity contribution in [2.24, 2.45) is 11.8 Å². The van der Waals surface area contributed by atoms with Crippen LogP contribution in [0.15, 0.2) is 54.4 Å². The van der Waals surface area contributed by atoms with Gasteiger partial charge in [0.15, 0.2) is 11.6 Å². The first-order chi connectivity index (χ1) is 18.0. The van der Waals surface area contributed by atoms with Gasteiger partial charge < -0.3 is 4.79 Å². The third-order valence-electron chi connectivity index (χ3n) is 7.76. The number of halogens is 1. The zero-order valence-electron chi connectivity index (χ0n) is 21.4. The lowest BCUT2D eigenvalue weighted by molar-refractivity contribution is -0.121. The van der Waals surface area contributed by atoms with Gasteiger partial charge in [-0.2, -0.15) is 0 Å². The summed E-state index contributed by atoms with van der Waals surface area (Å²) in [6, 6.07) is 10.0. The number of hydrogen-bond donors (Lipinski definition) is 0. The first-order valence-electron chi connectivity index (χ1n) is 12.5. The van der Waals surface area contributed by atoms with E-state index in [1.54, 1.807) is 42.6 Å². The number of hydrogen-bond acceptors (Lipinski definition) is 6. The van der Waals surface area contributed by atoms with E-state index >= 15 is 4.39 Å². The van der Waals surface area contributed by atoms with Crippen LogP contribution in [0.1, 0.15) is 37.2 Å². The maximum atomic E-state index is 15.1. The van der Waals surface area contributed by atoms with Gasteiger partial charge >= 0.3 is 0 Å². The number of carbonyl (C=O) groups is 1. The topological polar surface area (TPSA) is 94.2 Å². The van der Waals surface area contributed by atoms with Crippen LogP contribution in [0, 0.1) is 24.2 Å². The predicted octanol–water partition coefficient (Wildman–Crippen LogP) is 4.77. The molecule has 0 amide bonds. The van der Waals surface area contributed by atoms with Crippen molar-refractivity contribution in [3.63, 3.8) is 0 Å². The van der Waals surface area contributed by atoms with Crippen LogP contribution in [0.25, 0.3) is 27.5 Å². The largest absolute Gasteiger partial charge is 0.308 e. The molecular formula is C29H27FN4O3S. The molecule has 3 aromatic rings. The van der Waals surface area contributed by atoms with Crippen LogP contribution in [0.4, 0.5) is 4.39 Å². The van der Waals surface area contributed by atoms with Gasteiger partial charge in [-0.3, -0.25) is 4.98 Å². The molecule has 9 heteroatoms. The molecule has 0 saturated carbocycles. The Morgan fingerprint density at radius 3 is 2.61 bits per heavy atom. The Morgan fingerprint density at radius 2 is 1.95 bits per heavy atom. The number of Topliss-reactive ketones (excluding diaryl/α,β-unsaturated/α-hetero) is 1. The van der Waals surface area contributed by atoms with E-state index < -0.39 is 21.1 Å². The van der Waals surface area contributed by atoms with Crippen molar-refractivity contribution >= 4 is 15.6 Å². The zero-order valence-corrected chi connectivity index (χ0v) is 22.2. The summed E-state index contributed by atoms with van der Waals surface area (Å²) in [5.74, 6) is -0.588. The Balaban J connectivity index is 1.70. The van der Waals surface area contributed by atoms with Crippen molar-refractivity contribution in [2.75, 3.05) is 12.0 Å².